The number of hydrogen-bond donors (Lipinski definition) is 2. The molecule has 0 atom stereocenters. The van der Waals surface area contributed by atoms with Crippen LogP contribution in [0.5, 0.6) is 0 Å². The average molecular weight is 281 g/mol. The summed E-state index contributed by atoms with van der Waals surface area (Å²) in [6.07, 6.45) is 1.97. The van der Waals surface area contributed by atoms with Crippen molar-refractivity contribution in [3.05, 3.63) is 47.7 Å². The van der Waals surface area contributed by atoms with Gasteiger partial charge in [-0.2, -0.15) is 9.61 Å². The molecular formula is C16H19N5. The Morgan fingerprint density at radius 2 is 2.05 bits per heavy atom. The highest BCUT2D eigenvalue weighted by atomic mass is 15.4. The van der Waals surface area contributed by atoms with Gasteiger partial charge in [-0.3, -0.25) is 0 Å². The highest BCUT2D eigenvalue weighted by Gasteiger charge is 2.11. The molecule has 5 nitrogen and oxygen atoms in total. The summed E-state index contributed by atoms with van der Waals surface area (Å²) in [5.41, 5.74) is 7.76. The number of nitrogens with two attached hydrogens (primary N) is 1. The van der Waals surface area contributed by atoms with Crippen LogP contribution in [0.25, 0.3) is 16.9 Å². The molecule has 108 valence electrons. The minimum atomic E-state index is 0.753. The van der Waals surface area contributed by atoms with Crippen LogP contribution in [-0.4, -0.2) is 14.6 Å². The SMILES string of the molecule is CCCc1cc(NN)n2nc(-c3ccccc3C)cc2n1. The zero-order valence-electron chi connectivity index (χ0n) is 12.3. The summed E-state index contributed by atoms with van der Waals surface area (Å²) in [7, 11) is 0. The molecule has 21 heavy (non-hydrogen) atoms. The standard InChI is InChI=1S/C16H19N5/c1-3-6-12-9-16(19-17)21-15(18-12)10-14(20-21)13-8-5-4-7-11(13)2/h4-5,7-10,19H,3,6,17H2,1-2H3. The van der Waals surface area contributed by atoms with Crippen molar-refractivity contribution in [3.8, 4) is 11.3 Å². The zero-order valence-corrected chi connectivity index (χ0v) is 12.3. The van der Waals surface area contributed by atoms with Crippen LogP contribution in [0.4, 0.5) is 5.82 Å². The smallest absolute Gasteiger partial charge is 0.158 e. The number of nitrogen functional groups attached to an aromatic ring is 1. The van der Waals surface area contributed by atoms with E-state index in [0.717, 1.165) is 41.3 Å². The Bertz CT molecular complexity index is 775. The number of nitrogens with one attached hydrogen (secondary N) is 1. The Kier molecular flexibility index (Phi) is 3.58. The Morgan fingerprint density at radius 3 is 2.76 bits per heavy atom. The summed E-state index contributed by atoms with van der Waals surface area (Å²) in [4.78, 5) is 4.65. The van der Waals surface area contributed by atoms with E-state index in [1.54, 1.807) is 4.52 Å². The maximum absolute atomic E-state index is 5.62. The van der Waals surface area contributed by atoms with Gasteiger partial charge in [0.25, 0.3) is 0 Å². The van der Waals surface area contributed by atoms with E-state index < -0.39 is 0 Å². The number of hydrogen-bond acceptors (Lipinski definition) is 4. The van der Waals surface area contributed by atoms with Gasteiger partial charge in [-0.15, -0.1) is 0 Å². The van der Waals surface area contributed by atoms with Gasteiger partial charge in [-0.25, -0.2) is 10.8 Å². The first-order valence-electron chi connectivity index (χ1n) is 7.15. The lowest BCUT2D eigenvalue weighted by Crippen LogP contribution is -2.13. The van der Waals surface area contributed by atoms with Gasteiger partial charge < -0.3 is 5.43 Å². The fourth-order valence-corrected chi connectivity index (χ4v) is 2.51. The molecule has 0 spiro atoms. The van der Waals surface area contributed by atoms with Gasteiger partial charge in [0.1, 0.15) is 5.82 Å². The van der Waals surface area contributed by atoms with Gasteiger partial charge in [-0.1, -0.05) is 37.6 Å². The summed E-state index contributed by atoms with van der Waals surface area (Å²) in [6, 6.07) is 12.1. The summed E-state index contributed by atoms with van der Waals surface area (Å²) in [5, 5.41) is 4.63. The van der Waals surface area contributed by atoms with Crippen LogP contribution in [0, 0.1) is 6.92 Å². The average Bonchev–Trinajstić information content (AvgIpc) is 2.91. The first-order chi connectivity index (χ1) is 10.2. The van der Waals surface area contributed by atoms with Crippen LogP contribution in [0.2, 0.25) is 0 Å². The second-order valence-corrected chi connectivity index (χ2v) is 5.14. The van der Waals surface area contributed by atoms with Gasteiger partial charge in [0, 0.05) is 23.4 Å². The molecule has 3 rings (SSSR count). The topological polar surface area (TPSA) is 68.2 Å². The van der Waals surface area contributed by atoms with Crippen molar-refractivity contribution in [2.24, 2.45) is 5.84 Å². The Morgan fingerprint density at radius 1 is 1.24 bits per heavy atom. The minimum Gasteiger partial charge on any atom is -0.308 e. The van der Waals surface area contributed by atoms with Gasteiger partial charge in [0.05, 0.1) is 5.69 Å². The highest BCUT2D eigenvalue weighted by Crippen LogP contribution is 2.24. The molecule has 1 aromatic carbocycles. The predicted octanol–water partition coefficient (Wildman–Crippen LogP) is 2.94. The van der Waals surface area contributed by atoms with Crippen LogP contribution < -0.4 is 11.3 Å². The summed E-state index contributed by atoms with van der Waals surface area (Å²) in [5.74, 6) is 6.37. The van der Waals surface area contributed by atoms with Crippen molar-refractivity contribution in [1.82, 2.24) is 14.6 Å². The molecule has 0 amide bonds. The molecule has 0 aliphatic rings. The van der Waals surface area contributed by atoms with Gasteiger partial charge in [-0.05, 0) is 18.9 Å². The van der Waals surface area contributed by atoms with Gasteiger partial charge in [0.2, 0.25) is 0 Å². The third-order valence-electron chi connectivity index (χ3n) is 3.56. The van der Waals surface area contributed by atoms with E-state index in [1.165, 1.54) is 5.56 Å². The first kappa shape index (κ1) is 13.6. The molecule has 2 aromatic heterocycles. The lowest BCUT2D eigenvalue weighted by molar-refractivity contribution is 0.859. The summed E-state index contributed by atoms with van der Waals surface area (Å²) >= 11 is 0. The number of aryl methyl sites for hydroxylation is 2. The van der Waals surface area contributed by atoms with E-state index in [9.17, 15) is 0 Å². The first-order valence-corrected chi connectivity index (χ1v) is 7.15. The van der Waals surface area contributed by atoms with Crippen LogP contribution in [0.3, 0.4) is 0 Å². The molecular weight excluding hydrogens is 262 g/mol. The summed E-state index contributed by atoms with van der Waals surface area (Å²) < 4.78 is 1.75. The lowest BCUT2D eigenvalue weighted by Gasteiger charge is -2.06. The Labute approximate surface area is 123 Å². The Hall–Kier alpha value is -2.40. The molecule has 0 saturated heterocycles. The number of fused-ring (bicyclic) bond motifs is 1. The predicted molar refractivity (Wildman–Crippen MR) is 85.0 cm³/mol. The van der Waals surface area contributed by atoms with Crippen molar-refractivity contribution in [2.75, 3.05) is 5.43 Å². The van der Waals surface area contributed by atoms with Crippen molar-refractivity contribution < 1.29 is 0 Å². The normalized spacial score (nSPS) is 11.0. The zero-order chi connectivity index (χ0) is 14.8. The lowest BCUT2D eigenvalue weighted by atomic mass is 10.1. The summed E-state index contributed by atoms with van der Waals surface area (Å²) in [6.45, 7) is 4.22. The fourth-order valence-electron chi connectivity index (χ4n) is 2.51. The van der Waals surface area contributed by atoms with E-state index in [4.69, 9.17) is 5.84 Å². The maximum atomic E-state index is 5.62. The maximum Gasteiger partial charge on any atom is 0.158 e. The number of nitrogens with zero attached hydrogens (tertiary/aromatic N) is 3. The number of anilines is 1. The largest absolute Gasteiger partial charge is 0.308 e. The molecule has 3 aromatic rings. The number of hydrazine groups is 1. The quantitative estimate of drug-likeness (QED) is 0.570. The molecule has 0 saturated carbocycles. The molecule has 0 aliphatic carbocycles. The monoisotopic (exact) mass is 281 g/mol. The highest BCUT2D eigenvalue weighted by molar-refractivity contribution is 5.68. The second kappa shape index (κ2) is 5.54. The van der Waals surface area contributed by atoms with E-state index in [0.29, 0.717) is 0 Å². The van der Waals surface area contributed by atoms with E-state index in [2.05, 4.69) is 41.5 Å². The molecule has 0 unspecified atom stereocenters. The Balaban J connectivity index is 2.17. The second-order valence-electron chi connectivity index (χ2n) is 5.14. The molecule has 0 aliphatic heterocycles. The van der Waals surface area contributed by atoms with Crippen LogP contribution >= 0.6 is 0 Å². The van der Waals surface area contributed by atoms with E-state index in [1.807, 2.05) is 24.3 Å². The fraction of sp³-hybridized carbons (Fsp3) is 0.250. The van der Waals surface area contributed by atoms with Crippen LogP contribution in [-0.2, 0) is 6.42 Å². The van der Waals surface area contributed by atoms with Crippen LogP contribution in [0.15, 0.2) is 36.4 Å². The number of benzene rings is 1. The van der Waals surface area contributed by atoms with Crippen molar-refractivity contribution in [2.45, 2.75) is 26.7 Å². The third-order valence-corrected chi connectivity index (χ3v) is 3.56. The van der Waals surface area contributed by atoms with Crippen LogP contribution in [0.1, 0.15) is 24.6 Å². The minimum absolute atomic E-state index is 0.753. The molecule has 3 N–H and O–H groups in total. The molecule has 0 fully saturated rings. The van der Waals surface area contributed by atoms with Crippen molar-refractivity contribution in [1.29, 1.82) is 0 Å². The van der Waals surface area contributed by atoms with E-state index in [-0.39, 0.29) is 0 Å². The molecule has 0 bridgehead atoms. The molecule has 5 heteroatoms. The van der Waals surface area contributed by atoms with Gasteiger partial charge in [0.15, 0.2) is 5.65 Å². The number of aromatic nitrogens is 3. The van der Waals surface area contributed by atoms with Gasteiger partial charge >= 0.3 is 0 Å². The molecule has 2 heterocycles. The molecule has 0 radical (unpaired) electrons. The van der Waals surface area contributed by atoms with Crippen molar-refractivity contribution in [3.63, 3.8) is 0 Å². The van der Waals surface area contributed by atoms with E-state index >= 15 is 0 Å². The number of rotatable bonds is 4. The van der Waals surface area contributed by atoms with Crippen molar-refractivity contribution >= 4 is 11.5 Å². The third kappa shape index (κ3) is 2.48.